The lowest BCUT2D eigenvalue weighted by atomic mass is 10.1. The molecule has 2 rings (SSSR count). The van der Waals surface area contributed by atoms with Gasteiger partial charge in [0, 0.05) is 6.42 Å². The van der Waals surface area contributed by atoms with Crippen molar-refractivity contribution in [1.82, 2.24) is 0 Å². The van der Waals surface area contributed by atoms with E-state index in [4.69, 9.17) is 32.7 Å². The summed E-state index contributed by atoms with van der Waals surface area (Å²) in [6.45, 7) is 1.49. The number of hydrogen-bond acceptors (Lipinski definition) is 4. The normalized spacial score (nSPS) is 11.5. The Morgan fingerprint density at radius 3 is 2.27 bits per heavy atom. The van der Waals surface area contributed by atoms with Gasteiger partial charge in [0.05, 0.1) is 22.8 Å². The van der Waals surface area contributed by atoms with E-state index >= 15 is 0 Å². The Kier molecular flexibility index (Phi) is 7.30. The van der Waals surface area contributed by atoms with Crippen LogP contribution in [0.2, 0.25) is 10.0 Å². The van der Waals surface area contributed by atoms with Gasteiger partial charge in [-0.2, -0.15) is 0 Å². The van der Waals surface area contributed by atoms with E-state index in [9.17, 15) is 9.59 Å². The molecule has 0 aliphatic heterocycles. The van der Waals surface area contributed by atoms with Crippen LogP contribution in [0.15, 0.2) is 42.5 Å². The van der Waals surface area contributed by atoms with Crippen LogP contribution in [0.25, 0.3) is 0 Å². The van der Waals surface area contributed by atoms with Gasteiger partial charge in [-0.1, -0.05) is 41.4 Å². The molecule has 5 nitrogen and oxygen atoms in total. The van der Waals surface area contributed by atoms with Crippen molar-refractivity contribution >= 4 is 40.8 Å². The van der Waals surface area contributed by atoms with E-state index < -0.39 is 18.0 Å². The van der Waals surface area contributed by atoms with Crippen molar-refractivity contribution in [2.24, 2.45) is 0 Å². The van der Waals surface area contributed by atoms with Gasteiger partial charge < -0.3 is 14.8 Å². The highest BCUT2D eigenvalue weighted by Gasteiger charge is 2.19. The second-order valence-electron chi connectivity index (χ2n) is 5.57. The summed E-state index contributed by atoms with van der Waals surface area (Å²) in [5.41, 5.74) is 1.27. The van der Waals surface area contributed by atoms with E-state index in [-0.39, 0.29) is 6.42 Å². The van der Waals surface area contributed by atoms with Crippen molar-refractivity contribution in [3.63, 3.8) is 0 Å². The molecule has 1 atom stereocenters. The second-order valence-corrected chi connectivity index (χ2v) is 6.38. The molecule has 0 saturated carbocycles. The number of ether oxygens (including phenoxy) is 2. The third-order valence-electron chi connectivity index (χ3n) is 3.67. The summed E-state index contributed by atoms with van der Waals surface area (Å²) in [4.78, 5) is 24.1. The van der Waals surface area contributed by atoms with Crippen LogP contribution in [0.4, 0.5) is 5.69 Å². The van der Waals surface area contributed by atoms with Crippen molar-refractivity contribution < 1.29 is 19.1 Å². The Morgan fingerprint density at radius 1 is 1.08 bits per heavy atom. The standard InChI is InChI=1S/C19H19Cl2NO4/c1-12(19(24)22-18-15(20)4-3-5-16(18)21)26-17(23)11-8-13-6-9-14(25-2)10-7-13/h3-7,9-10,12H,8,11H2,1-2H3,(H,22,24)/t12-/m1/s1. The first-order valence-corrected chi connectivity index (χ1v) is 8.73. The minimum atomic E-state index is -0.967. The van der Waals surface area contributed by atoms with Crippen LogP contribution in [0.1, 0.15) is 18.9 Å². The van der Waals surface area contributed by atoms with Crippen molar-refractivity contribution in [2.45, 2.75) is 25.9 Å². The molecule has 0 aliphatic carbocycles. The number of carbonyl (C=O) groups is 2. The highest BCUT2D eigenvalue weighted by atomic mass is 35.5. The number of esters is 1. The average Bonchev–Trinajstić information content (AvgIpc) is 2.63. The van der Waals surface area contributed by atoms with Gasteiger partial charge in [-0.3, -0.25) is 9.59 Å². The third-order valence-corrected chi connectivity index (χ3v) is 4.30. The van der Waals surface area contributed by atoms with E-state index in [2.05, 4.69) is 5.32 Å². The molecule has 2 aromatic carbocycles. The summed E-state index contributed by atoms with van der Waals surface area (Å²) in [7, 11) is 1.59. The molecule has 0 bridgehead atoms. The van der Waals surface area contributed by atoms with E-state index in [1.54, 1.807) is 25.3 Å². The van der Waals surface area contributed by atoms with E-state index in [1.165, 1.54) is 6.92 Å². The first-order chi connectivity index (χ1) is 12.4. The van der Waals surface area contributed by atoms with Gasteiger partial charge in [0.1, 0.15) is 5.75 Å². The Labute approximate surface area is 162 Å². The summed E-state index contributed by atoms with van der Waals surface area (Å²) >= 11 is 12.0. The van der Waals surface area contributed by atoms with Crippen LogP contribution in [0.3, 0.4) is 0 Å². The van der Waals surface area contributed by atoms with E-state index in [0.29, 0.717) is 22.2 Å². The lowest BCUT2D eigenvalue weighted by Crippen LogP contribution is -2.30. The zero-order valence-corrected chi connectivity index (χ0v) is 15.9. The lowest BCUT2D eigenvalue weighted by molar-refractivity contribution is -0.153. The van der Waals surface area contributed by atoms with Gasteiger partial charge in [-0.15, -0.1) is 0 Å². The first-order valence-electron chi connectivity index (χ1n) is 7.98. The number of hydrogen-bond donors (Lipinski definition) is 1. The Bertz CT molecular complexity index is 757. The van der Waals surface area contributed by atoms with Gasteiger partial charge in [0.2, 0.25) is 0 Å². The second kappa shape index (κ2) is 9.46. The molecule has 0 aromatic heterocycles. The number of amides is 1. The average molecular weight is 396 g/mol. The molecule has 0 unspecified atom stereocenters. The quantitative estimate of drug-likeness (QED) is 0.700. The number of methoxy groups -OCH3 is 1. The Hall–Kier alpha value is -2.24. The molecule has 0 fully saturated rings. The Balaban J connectivity index is 1.84. The Morgan fingerprint density at radius 2 is 1.69 bits per heavy atom. The van der Waals surface area contributed by atoms with Crippen LogP contribution < -0.4 is 10.1 Å². The molecule has 26 heavy (non-hydrogen) atoms. The van der Waals surface area contributed by atoms with Crippen molar-refractivity contribution in [3.05, 3.63) is 58.1 Å². The third kappa shape index (κ3) is 5.64. The molecular formula is C19H19Cl2NO4. The van der Waals surface area contributed by atoms with Crippen molar-refractivity contribution in [3.8, 4) is 5.75 Å². The smallest absolute Gasteiger partial charge is 0.306 e. The molecule has 1 amide bonds. The zero-order chi connectivity index (χ0) is 19.1. The monoisotopic (exact) mass is 395 g/mol. The summed E-state index contributed by atoms with van der Waals surface area (Å²) in [5, 5.41) is 3.19. The number of carbonyl (C=O) groups excluding carboxylic acids is 2. The fourth-order valence-corrected chi connectivity index (χ4v) is 2.68. The highest BCUT2D eigenvalue weighted by Crippen LogP contribution is 2.29. The molecular weight excluding hydrogens is 377 g/mol. The van der Waals surface area contributed by atoms with Gasteiger partial charge in [-0.25, -0.2) is 0 Å². The molecule has 0 radical (unpaired) electrons. The maximum absolute atomic E-state index is 12.2. The highest BCUT2D eigenvalue weighted by molar-refractivity contribution is 6.39. The predicted molar refractivity (Wildman–Crippen MR) is 102 cm³/mol. The molecule has 0 saturated heterocycles. The summed E-state index contributed by atoms with van der Waals surface area (Å²) in [6.07, 6.45) is -0.296. The van der Waals surface area contributed by atoms with Crippen molar-refractivity contribution in [2.75, 3.05) is 12.4 Å². The SMILES string of the molecule is COc1ccc(CCC(=O)O[C@H](C)C(=O)Nc2c(Cl)cccc2Cl)cc1. The number of rotatable bonds is 7. The summed E-state index contributed by atoms with van der Waals surface area (Å²) in [5.74, 6) is -0.216. The van der Waals surface area contributed by atoms with Crippen LogP contribution in [-0.4, -0.2) is 25.1 Å². The van der Waals surface area contributed by atoms with Gasteiger partial charge in [0.25, 0.3) is 5.91 Å². The van der Waals surface area contributed by atoms with E-state index in [0.717, 1.165) is 11.3 Å². The molecule has 0 spiro atoms. The fraction of sp³-hybridized carbons (Fsp3) is 0.263. The summed E-state index contributed by atoms with van der Waals surface area (Å²) < 4.78 is 10.3. The molecule has 0 aliphatic rings. The topological polar surface area (TPSA) is 64.6 Å². The number of nitrogens with one attached hydrogen (secondary N) is 1. The maximum Gasteiger partial charge on any atom is 0.306 e. The molecule has 138 valence electrons. The number of aryl methyl sites for hydroxylation is 1. The minimum absolute atomic E-state index is 0.163. The lowest BCUT2D eigenvalue weighted by Gasteiger charge is -2.15. The number of benzene rings is 2. The van der Waals surface area contributed by atoms with Gasteiger partial charge in [-0.05, 0) is 43.2 Å². The van der Waals surface area contributed by atoms with Crippen molar-refractivity contribution in [1.29, 1.82) is 0 Å². The van der Waals surface area contributed by atoms with Crippen LogP contribution in [0.5, 0.6) is 5.75 Å². The molecule has 7 heteroatoms. The number of anilines is 1. The number of halogens is 2. The fourth-order valence-electron chi connectivity index (χ4n) is 2.19. The zero-order valence-electron chi connectivity index (χ0n) is 14.4. The molecule has 0 heterocycles. The molecule has 2 aromatic rings. The minimum Gasteiger partial charge on any atom is -0.497 e. The van der Waals surface area contributed by atoms with Gasteiger partial charge in [0.15, 0.2) is 6.10 Å². The van der Waals surface area contributed by atoms with Gasteiger partial charge >= 0.3 is 5.97 Å². The van der Waals surface area contributed by atoms with Crippen LogP contribution in [0, 0.1) is 0 Å². The first kappa shape index (κ1) is 20.1. The van der Waals surface area contributed by atoms with Crippen LogP contribution in [-0.2, 0) is 20.7 Å². The predicted octanol–water partition coefficient (Wildman–Crippen LogP) is 4.51. The summed E-state index contributed by atoms with van der Waals surface area (Å²) in [6, 6.07) is 12.3. The maximum atomic E-state index is 12.2. The van der Waals surface area contributed by atoms with Crippen LogP contribution >= 0.6 is 23.2 Å². The van der Waals surface area contributed by atoms with E-state index in [1.807, 2.05) is 24.3 Å². The largest absolute Gasteiger partial charge is 0.497 e. The molecule has 1 N–H and O–H groups in total. The number of para-hydroxylation sites is 1.